The zero-order valence-corrected chi connectivity index (χ0v) is 82.8. The Balaban J connectivity index is 0. The van der Waals surface area contributed by atoms with E-state index in [1.54, 1.807) is 118 Å². The molecule has 0 spiro atoms. The Morgan fingerprint density at radius 2 is 0.267 bits per heavy atom. The summed E-state index contributed by atoms with van der Waals surface area (Å²) in [6.45, 7) is 39.1. The van der Waals surface area contributed by atoms with E-state index in [2.05, 4.69) is 138 Å². The lowest BCUT2D eigenvalue weighted by Gasteiger charge is -2.35. The highest BCUT2D eigenvalue weighted by Gasteiger charge is 2.42. The van der Waals surface area contributed by atoms with E-state index in [0.29, 0.717) is 117 Å². The van der Waals surface area contributed by atoms with Crippen molar-refractivity contribution in [1.29, 1.82) is 0 Å². The van der Waals surface area contributed by atoms with Crippen molar-refractivity contribution in [2.45, 2.75) is 203 Å². The molecule has 0 aliphatic carbocycles. The van der Waals surface area contributed by atoms with Crippen molar-refractivity contribution in [3.63, 3.8) is 0 Å². The first-order chi connectivity index (χ1) is 54.8. The van der Waals surface area contributed by atoms with Crippen molar-refractivity contribution in [1.82, 2.24) is 0 Å². The van der Waals surface area contributed by atoms with E-state index in [1.807, 2.05) is 0 Å². The highest BCUT2D eigenvalue weighted by atomic mass is 32.2. The smallest absolute Gasteiger partial charge is 0.306 e. The quantitative estimate of drug-likeness (QED) is 0.0311. The third-order valence-corrected chi connectivity index (χ3v) is 29.2. The Bertz CT molecular complexity index is 2200. The number of esters is 10. The monoisotopic (exact) mass is 1830 g/mol. The highest BCUT2D eigenvalue weighted by molar-refractivity contribution is 8.01. The lowest BCUT2D eigenvalue weighted by atomic mass is 9.90. The molecule has 0 fully saturated rings. The van der Waals surface area contributed by atoms with Gasteiger partial charge >= 0.3 is 59.7 Å². The minimum absolute atomic E-state index is 0.140. The molecule has 0 aromatic heterocycles. The second-order valence-corrected chi connectivity index (χ2v) is 45.3. The summed E-state index contributed by atoms with van der Waals surface area (Å²) in [4.78, 5) is 130. The summed E-state index contributed by atoms with van der Waals surface area (Å²) in [6.07, 6.45) is 1.73. The standard InChI is InChI=1S/C52H94O13S6.C33H60O8S4/c1-39(2)25-66-19-13-45(53)60-33-51(34-61-46(54)14-20-67-26-40(3)4,35-62-47(55)15-21-68-27-41(5)6)31-59-32-52(36-63-48(56)16-22-69-28-42(7)8,37-64-49(57)17-23-70-29-43(9)10)38-65-50(58)18-24-71-30-44(11)12;1-25(2)17-42-13-9-29(34)38-21-33(22-39-30(35)10-14-43-18-26(3)4,23-40-31(36)11-15-44-19-27(5)6)24-41-32(37)12-16-45-20-28(7)8/h39-44H,13-38H2,1-12H3;25-28H,9-24H2,1-8H3. The molecule has 0 amide bonds. The first-order valence-electron chi connectivity index (χ1n) is 41.7. The van der Waals surface area contributed by atoms with Crippen molar-refractivity contribution in [3.8, 4) is 0 Å². The number of carbonyl (C=O) groups excluding carboxylic acids is 10. The van der Waals surface area contributed by atoms with Gasteiger partial charge in [-0.1, -0.05) is 138 Å². The minimum atomic E-state index is -1.38. The molecular formula is C85H154O21S10. The van der Waals surface area contributed by atoms with E-state index < -0.39 is 75.9 Å². The van der Waals surface area contributed by atoms with Crippen molar-refractivity contribution >= 4 is 177 Å². The molecule has 680 valence electrons. The number of ether oxygens (including phenoxy) is 11. The predicted molar refractivity (Wildman–Crippen MR) is 496 cm³/mol. The van der Waals surface area contributed by atoms with Gasteiger partial charge in [-0.3, -0.25) is 47.9 Å². The molecule has 0 aromatic rings. The van der Waals surface area contributed by atoms with E-state index >= 15 is 0 Å². The van der Waals surface area contributed by atoms with Crippen molar-refractivity contribution in [3.05, 3.63) is 0 Å². The maximum absolute atomic E-state index is 13.3. The van der Waals surface area contributed by atoms with Crippen LogP contribution in [0.4, 0.5) is 0 Å². The summed E-state index contributed by atoms with van der Waals surface area (Å²) in [7, 11) is 0. The van der Waals surface area contributed by atoms with Crippen LogP contribution in [0.25, 0.3) is 0 Å². The fraction of sp³-hybridized carbons (Fsp3) is 0.882. The topological polar surface area (TPSA) is 272 Å². The first-order valence-corrected chi connectivity index (χ1v) is 53.3. The van der Waals surface area contributed by atoms with Crippen molar-refractivity contribution < 1.29 is 100 Å². The molecule has 0 atom stereocenters. The van der Waals surface area contributed by atoms with Crippen LogP contribution in [0, 0.1) is 75.4 Å². The van der Waals surface area contributed by atoms with Crippen LogP contribution >= 0.6 is 118 Å². The predicted octanol–water partition coefficient (Wildman–Crippen LogP) is 18.2. The molecule has 0 bridgehead atoms. The maximum atomic E-state index is 13.3. The van der Waals surface area contributed by atoms with Crippen molar-refractivity contribution in [2.24, 2.45) is 75.4 Å². The summed E-state index contributed by atoms with van der Waals surface area (Å²) in [6, 6.07) is 0. The fourth-order valence-corrected chi connectivity index (χ4v) is 18.5. The van der Waals surface area contributed by atoms with Crippen LogP contribution in [-0.2, 0) is 100 Å². The van der Waals surface area contributed by atoms with E-state index in [-0.39, 0.29) is 143 Å². The molecule has 0 heterocycles. The van der Waals surface area contributed by atoms with Gasteiger partial charge in [0.15, 0.2) is 0 Å². The summed E-state index contributed by atoms with van der Waals surface area (Å²) in [5.41, 5.74) is -3.98. The Kier molecular flexibility index (Phi) is 73.6. The van der Waals surface area contributed by atoms with Gasteiger partial charge in [-0.15, -0.1) is 0 Å². The molecule has 0 N–H and O–H groups in total. The molecule has 0 radical (unpaired) electrons. The average molecular weight is 1830 g/mol. The summed E-state index contributed by atoms with van der Waals surface area (Å²) in [5.74, 6) is 15.3. The average Bonchev–Trinajstić information content (AvgIpc) is 0.831. The molecule has 0 aliphatic rings. The number of thioether (sulfide) groups is 10. The van der Waals surface area contributed by atoms with E-state index in [4.69, 9.17) is 52.1 Å². The van der Waals surface area contributed by atoms with E-state index in [0.717, 1.165) is 57.5 Å². The molecule has 0 saturated heterocycles. The van der Waals surface area contributed by atoms with Crippen LogP contribution in [0.2, 0.25) is 0 Å². The van der Waals surface area contributed by atoms with Crippen LogP contribution < -0.4 is 0 Å². The molecule has 0 rings (SSSR count). The van der Waals surface area contributed by atoms with Gasteiger partial charge < -0.3 is 52.1 Å². The first kappa shape index (κ1) is 116. The minimum Gasteiger partial charge on any atom is -0.465 e. The van der Waals surface area contributed by atoms with E-state index in [1.165, 1.54) is 0 Å². The molecule has 0 aromatic carbocycles. The van der Waals surface area contributed by atoms with Gasteiger partial charge in [0, 0.05) is 57.5 Å². The number of hydrogen-bond acceptors (Lipinski definition) is 31. The molecule has 116 heavy (non-hydrogen) atoms. The molecule has 31 heteroatoms. The second-order valence-electron chi connectivity index (χ2n) is 33.8. The third-order valence-electron chi connectivity index (χ3n) is 15.2. The van der Waals surface area contributed by atoms with Crippen LogP contribution in [-0.4, -0.2) is 254 Å². The van der Waals surface area contributed by atoms with Gasteiger partial charge in [0.25, 0.3) is 0 Å². The van der Waals surface area contributed by atoms with Crippen LogP contribution in [0.5, 0.6) is 0 Å². The van der Waals surface area contributed by atoms with Gasteiger partial charge in [0.2, 0.25) is 0 Å². The number of rotatable bonds is 74. The van der Waals surface area contributed by atoms with Gasteiger partial charge in [-0.05, 0) is 117 Å². The van der Waals surface area contributed by atoms with Gasteiger partial charge in [0.05, 0.1) is 88.3 Å². The lowest BCUT2D eigenvalue weighted by Crippen LogP contribution is -2.47. The number of hydrogen-bond donors (Lipinski definition) is 0. The van der Waals surface area contributed by atoms with Crippen LogP contribution in [0.3, 0.4) is 0 Å². The zero-order valence-electron chi connectivity index (χ0n) is 74.6. The Morgan fingerprint density at radius 1 is 0.172 bits per heavy atom. The summed E-state index contributed by atoms with van der Waals surface area (Å²) >= 11 is 16.6. The normalized spacial score (nSPS) is 12.0. The molecule has 0 unspecified atom stereocenters. The Labute approximate surface area is 743 Å². The lowest BCUT2D eigenvalue weighted by molar-refractivity contribution is -0.176. The van der Waals surface area contributed by atoms with E-state index in [9.17, 15) is 47.9 Å². The van der Waals surface area contributed by atoms with Crippen molar-refractivity contribution in [2.75, 3.05) is 194 Å². The third kappa shape index (κ3) is 74.8. The second kappa shape index (κ2) is 73.5. The van der Waals surface area contributed by atoms with Gasteiger partial charge in [0.1, 0.15) is 71.5 Å². The largest absolute Gasteiger partial charge is 0.465 e. The maximum Gasteiger partial charge on any atom is 0.306 e. The Morgan fingerprint density at radius 3 is 0.362 bits per heavy atom. The van der Waals surface area contributed by atoms with Crippen LogP contribution in [0.1, 0.15) is 203 Å². The van der Waals surface area contributed by atoms with Gasteiger partial charge in [-0.25, -0.2) is 0 Å². The van der Waals surface area contributed by atoms with Gasteiger partial charge in [-0.2, -0.15) is 118 Å². The molecule has 0 saturated carbocycles. The number of carbonyl (C=O) groups is 10. The SMILES string of the molecule is CC(C)CSCCC(=O)OCC(COC(=O)CCSCC(C)C)(COC(=O)CCSCC(C)C)COC(=O)CCSCC(C)C.CC(C)CSCCC(=O)OCC(COCC(COC(=O)CCSCC(C)C)(COC(=O)CCSCC(C)C)COC(=O)CCSCC(C)C)(COC(=O)CCSCC(C)C)COC(=O)CCSCC(C)C. The Hall–Kier alpha value is -1.84. The summed E-state index contributed by atoms with van der Waals surface area (Å²) < 4.78 is 64.5. The molecule has 21 nitrogen and oxygen atoms in total. The fourth-order valence-electron chi connectivity index (χ4n) is 9.04. The molecular weight excluding hydrogens is 1680 g/mol. The zero-order chi connectivity index (χ0) is 87.6. The summed E-state index contributed by atoms with van der Waals surface area (Å²) in [5, 5.41) is 0. The molecule has 0 aliphatic heterocycles. The highest BCUT2D eigenvalue weighted by Crippen LogP contribution is 2.30. The van der Waals surface area contributed by atoms with Crippen LogP contribution in [0.15, 0.2) is 0 Å².